The molecule has 2 aromatic heterocycles. The molecule has 3 rings (SSSR count). The quantitative estimate of drug-likeness (QED) is 0.936. The number of hydrogen-bond donors (Lipinski definition) is 1. The predicted molar refractivity (Wildman–Crippen MR) is 80.5 cm³/mol. The van der Waals surface area contributed by atoms with Crippen molar-refractivity contribution in [3.8, 4) is 10.8 Å². The lowest BCUT2D eigenvalue weighted by molar-refractivity contribution is 0.222. The molecule has 0 bridgehead atoms. The molecule has 0 saturated heterocycles. The molecule has 20 heavy (non-hydrogen) atoms. The van der Waals surface area contributed by atoms with E-state index in [1.807, 2.05) is 6.07 Å². The van der Waals surface area contributed by atoms with Crippen molar-refractivity contribution in [1.29, 1.82) is 0 Å². The molecule has 0 spiro atoms. The van der Waals surface area contributed by atoms with Crippen molar-refractivity contribution in [2.24, 2.45) is 11.7 Å². The Kier molecular flexibility index (Phi) is 3.65. The van der Waals surface area contributed by atoms with Gasteiger partial charge in [0.2, 0.25) is 0 Å². The zero-order chi connectivity index (χ0) is 14.2. The molecule has 108 valence electrons. The summed E-state index contributed by atoms with van der Waals surface area (Å²) in [7, 11) is 0. The number of aromatic nitrogens is 2. The van der Waals surface area contributed by atoms with Gasteiger partial charge in [0, 0.05) is 4.88 Å². The minimum Gasteiger partial charge on any atom is -0.333 e. The average molecular weight is 291 g/mol. The summed E-state index contributed by atoms with van der Waals surface area (Å²) in [5, 5.41) is 4.15. The molecule has 2 N–H and O–H groups in total. The smallest absolute Gasteiger partial charge is 0.268 e. The molecular formula is C15H21N3OS. The fourth-order valence-corrected chi connectivity index (χ4v) is 3.87. The van der Waals surface area contributed by atoms with Crippen molar-refractivity contribution >= 4 is 11.3 Å². The summed E-state index contributed by atoms with van der Waals surface area (Å²) in [5.74, 6) is 1.90. The van der Waals surface area contributed by atoms with E-state index >= 15 is 0 Å². The van der Waals surface area contributed by atoms with E-state index in [9.17, 15) is 0 Å². The van der Waals surface area contributed by atoms with Gasteiger partial charge < -0.3 is 10.3 Å². The summed E-state index contributed by atoms with van der Waals surface area (Å²) >= 11 is 1.71. The minimum absolute atomic E-state index is 0.412. The third kappa shape index (κ3) is 2.52. The van der Waals surface area contributed by atoms with Gasteiger partial charge in [-0.15, -0.1) is 11.3 Å². The van der Waals surface area contributed by atoms with Crippen molar-refractivity contribution in [3.63, 3.8) is 0 Å². The Morgan fingerprint density at radius 3 is 3.05 bits per heavy atom. The molecule has 2 aromatic rings. The Morgan fingerprint density at radius 1 is 1.50 bits per heavy atom. The normalized spacial score (nSPS) is 26.9. The SMILES string of the molecule is CCc1ccc(-c2nc(C3(N)CCCC(C)C3)no2)s1. The number of nitrogens with zero attached hydrogens (tertiary/aromatic N) is 2. The molecule has 2 unspecified atom stereocenters. The zero-order valence-corrected chi connectivity index (χ0v) is 12.9. The van der Waals surface area contributed by atoms with Crippen LogP contribution in [0.15, 0.2) is 16.7 Å². The molecule has 1 aliphatic carbocycles. The Bertz CT molecular complexity index is 591. The van der Waals surface area contributed by atoms with Gasteiger partial charge in [-0.05, 0) is 37.3 Å². The van der Waals surface area contributed by atoms with Crippen molar-refractivity contribution in [1.82, 2.24) is 10.1 Å². The van der Waals surface area contributed by atoms with Crippen LogP contribution in [0.5, 0.6) is 0 Å². The summed E-state index contributed by atoms with van der Waals surface area (Å²) in [6.45, 7) is 4.39. The van der Waals surface area contributed by atoms with Crippen LogP contribution in [0.25, 0.3) is 10.8 Å². The molecule has 2 atom stereocenters. The number of aryl methyl sites for hydroxylation is 1. The van der Waals surface area contributed by atoms with Crippen molar-refractivity contribution in [2.45, 2.75) is 51.5 Å². The lowest BCUT2D eigenvalue weighted by atomic mass is 9.76. The molecule has 4 nitrogen and oxygen atoms in total. The van der Waals surface area contributed by atoms with Gasteiger partial charge >= 0.3 is 0 Å². The maximum Gasteiger partial charge on any atom is 0.268 e. The Hall–Kier alpha value is -1.20. The van der Waals surface area contributed by atoms with Crippen LogP contribution in [0.1, 0.15) is 50.2 Å². The van der Waals surface area contributed by atoms with Crippen LogP contribution >= 0.6 is 11.3 Å². The van der Waals surface area contributed by atoms with E-state index in [0.29, 0.717) is 17.6 Å². The number of hydrogen-bond acceptors (Lipinski definition) is 5. The van der Waals surface area contributed by atoms with Crippen molar-refractivity contribution in [3.05, 3.63) is 22.8 Å². The van der Waals surface area contributed by atoms with Crippen LogP contribution in [0, 0.1) is 5.92 Å². The van der Waals surface area contributed by atoms with Gasteiger partial charge in [0.15, 0.2) is 5.82 Å². The topological polar surface area (TPSA) is 64.9 Å². The highest BCUT2D eigenvalue weighted by Crippen LogP contribution is 2.37. The molecule has 5 heteroatoms. The van der Waals surface area contributed by atoms with E-state index in [1.165, 1.54) is 11.3 Å². The predicted octanol–water partition coefficient (Wildman–Crippen LogP) is 3.72. The van der Waals surface area contributed by atoms with Crippen LogP contribution < -0.4 is 5.73 Å². The van der Waals surface area contributed by atoms with Gasteiger partial charge in [-0.3, -0.25) is 0 Å². The zero-order valence-electron chi connectivity index (χ0n) is 12.1. The summed E-state index contributed by atoms with van der Waals surface area (Å²) in [4.78, 5) is 6.93. The number of nitrogens with two attached hydrogens (primary N) is 1. The Balaban J connectivity index is 1.86. The molecule has 2 heterocycles. The van der Waals surface area contributed by atoms with E-state index < -0.39 is 5.54 Å². The third-order valence-electron chi connectivity index (χ3n) is 4.12. The van der Waals surface area contributed by atoms with E-state index in [0.717, 1.165) is 30.6 Å². The highest BCUT2D eigenvalue weighted by Gasteiger charge is 2.37. The molecule has 0 radical (unpaired) electrons. The van der Waals surface area contributed by atoms with Crippen molar-refractivity contribution in [2.75, 3.05) is 0 Å². The first kappa shape index (κ1) is 13.8. The molecule has 1 aliphatic rings. The molecule has 0 amide bonds. The van der Waals surface area contributed by atoms with Gasteiger partial charge in [-0.2, -0.15) is 4.98 Å². The highest BCUT2D eigenvalue weighted by atomic mass is 32.1. The van der Waals surface area contributed by atoms with Gasteiger partial charge in [0.1, 0.15) is 0 Å². The van der Waals surface area contributed by atoms with Crippen molar-refractivity contribution < 1.29 is 4.52 Å². The maximum absolute atomic E-state index is 6.51. The first-order chi connectivity index (χ1) is 9.60. The first-order valence-electron chi connectivity index (χ1n) is 7.33. The van der Waals surface area contributed by atoms with Crippen LogP contribution in [0.4, 0.5) is 0 Å². The standard InChI is InChI=1S/C15H21N3OS/c1-3-11-6-7-12(20-11)13-17-14(18-19-13)15(16)8-4-5-10(2)9-15/h6-7,10H,3-5,8-9,16H2,1-2H3. The van der Waals surface area contributed by atoms with E-state index in [4.69, 9.17) is 10.3 Å². The van der Waals surface area contributed by atoms with Gasteiger partial charge in [-0.1, -0.05) is 31.8 Å². The van der Waals surface area contributed by atoms with Crippen LogP contribution in [-0.4, -0.2) is 10.1 Å². The molecule has 0 aliphatic heterocycles. The lowest BCUT2D eigenvalue weighted by Gasteiger charge is -2.33. The Labute approximate surface area is 123 Å². The summed E-state index contributed by atoms with van der Waals surface area (Å²) in [6, 6.07) is 4.16. The van der Waals surface area contributed by atoms with Crippen LogP contribution in [0.3, 0.4) is 0 Å². The van der Waals surface area contributed by atoms with Gasteiger partial charge in [0.25, 0.3) is 5.89 Å². The number of thiophene rings is 1. The lowest BCUT2D eigenvalue weighted by Crippen LogP contribution is -2.42. The second kappa shape index (κ2) is 5.30. The molecule has 1 saturated carbocycles. The average Bonchev–Trinajstić information content (AvgIpc) is 3.07. The van der Waals surface area contributed by atoms with Gasteiger partial charge in [0.05, 0.1) is 10.4 Å². The monoisotopic (exact) mass is 291 g/mol. The maximum atomic E-state index is 6.51. The summed E-state index contributed by atoms with van der Waals surface area (Å²) in [5.41, 5.74) is 6.10. The third-order valence-corrected chi connectivity index (χ3v) is 5.34. The molecular weight excluding hydrogens is 270 g/mol. The van der Waals surface area contributed by atoms with Crippen LogP contribution in [-0.2, 0) is 12.0 Å². The van der Waals surface area contributed by atoms with Crippen LogP contribution in [0.2, 0.25) is 0 Å². The minimum atomic E-state index is -0.412. The van der Waals surface area contributed by atoms with Gasteiger partial charge in [-0.25, -0.2) is 0 Å². The van der Waals surface area contributed by atoms with E-state index in [-0.39, 0.29) is 0 Å². The fourth-order valence-electron chi connectivity index (χ4n) is 3.00. The highest BCUT2D eigenvalue weighted by molar-refractivity contribution is 7.15. The van der Waals surface area contributed by atoms with E-state index in [2.05, 4.69) is 30.1 Å². The first-order valence-corrected chi connectivity index (χ1v) is 8.14. The summed E-state index contributed by atoms with van der Waals surface area (Å²) < 4.78 is 5.43. The second-order valence-corrected chi connectivity index (χ2v) is 7.07. The second-order valence-electron chi connectivity index (χ2n) is 5.90. The molecule has 1 fully saturated rings. The number of rotatable bonds is 3. The largest absolute Gasteiger partial charge is 0.333 e. The fraction of sp³-hybridized carbons (Fsp3) is 0.600. The summed E-state index contributed by atoms with van der Waals surface area (Å²) in [6.07, 6.45) is 5.30. The molecule has 0 aromatic carbocycles. The Morgan fingerprint density at radius 2 is 2.35 bits per heavy atom. The van der Waals surface area contributed by atoms with E-state index in [1.54, 1.807) is 11.3 Å².